The van der Waals surface area contributed by atoms with Gasteiger partial charge in [0.1, 0.15) is 35.6 Å². The summed E-state index contributed by atoms with van der Waals surface area (Å²) < 4.78 is 14.0. The first-order chi connectivity index (χ1) is 22.2. The molecule has 2 aliphatic rings. The molecule has 0 radical (unpaired) electrons. The minimum absolute atomic E-state index is 0.114. The predicted molar refractivity (Wildman–Crippen MR) is 174 cm³/mol. The quantitative estimate of drug-likeness (QED) is 0.269. The number of hydrogen-bond donors (Lipinski definition) is 1. The molecule has 1 spiro atoms. The first-order valence-electron chi connectivity index (χ1n) is 14.6. The first kappa shape index (κ1) is 30.1. The summed E-state index contributed by atoms with van der Waals surface area (Å²) in [7, 11) is 2.08. The van der Waals surface area contributed by atoms with Crippen LogP contribution in [0.15, 0.2) is 46.8 Å². The highest BCUT2D eigenvalue weighted by molar-refractivity contribution is 7.18. The highest BCUT2D eigenvalue weighted by Crippen LogP contribution is 2.40. The number of halogens is 1. The Balaban J connectivity index is 1.19. The number of anilines is 1. The van der Waals surface area contributed by atoms with Crippen molar-refractivity contribution in [3.05, 3.63) is 74.4 Å². The van der Waals surface area contributed by atoms with E-state index in [-0.39, 0.29) is 40.8 Å². The molecule has 0 aliphatic carbocycles. The van der Waals surface area contributed by atoms with Gasteiger partial charge in [0.2, 0.25) is 0 Å². The van der Waals surface area contributed by atoms with Gasteiger partial charge in [0.25, 0.3) is 5.56 Å². The number of nitrogens with zero attached hydrogens (tertiary/aromatic N) is 7. The van der Waals surface area contributed by atoms with E-state index in [0.29, 0.717) is 70.0 Å². The Labute approximate surface area is 272 Å². The van der Waals surface area contributed by atoms with Gasteiger partial charge in [-0.1, -0.05) is 11.6 Å². The number of rotatable bonds is 7. The van der Waals surface area contributed by atoms with E-state index in [1.165, 1.54) is 15.9 Å². The largest absolute Gasteiger partial charge is 0.491 e. The summed E-state index contributed by atoms with van der Waals surface area (Å²) >= 11 is 7.66. The maximum atomic E-state index is 14.0. The molecule has 0 amide bonds. The number of carboxylic acids is 1. The lowest BCUT2D eigenvalue weighted by molar-refractivity contribution is -0.134. The number of piperazine rings is 1. The molecular weight excluding hydrogens is 630 g/mol. The van der Waals surface area contributed by atoms with Gasteiger partial charge >= 0.3 is 5.97 Å². The fourth-order valence-corrected chi connectivity index (χ4v) is 7.39. The number of carboxylic acid groups (broad SMARTS) is 1. The highest BCUT2D eigenvalue weighted by atomic mass is 35.5. The Morgan fingerprint density at radius 1 is 1.24 bits per heavy atom. The van der Waals surface area contributed by atoms with Crippen molar-refractivity contribution in [1.29, 1.82) is 5.26 Å². The van der Waals surface area contributed by atoms with Crippen LogP contribution in [0.2, 0.25) is 5.02 Å². The van der Waals surface area contributed by atoms with E-state index < -0.39 is 5.97 Å². The second kappa shape index (κ2) is 11.6. The van der Waals surface area contributed by atoms with Crippen molar-refractivity contribution in [2.24, 2.45) is 0 Å². The number of likely N-dealkylation sites (N-methyl/N-ethyl adjacent to an activating group) is 1. The Bertz CT molecular complexity index is 2140. The van der Waals surface area contributed by atoms with Crippen molar-refractivity contribution in [2.75, 3.05) is 51.4 Å². The van der Waals surface area contributed by atoms with Crippen LogP contribution in [0.4, 0.5) is 5.82 Å². The van der Waals surface area contributed by atoms with E-state index >= 15 is 0 Å². The number of aromatic carboxylic acids is 1. The molecule has 7 rings (SSSR count). The van der Waals surface area contributed by atoms with Gasteiger partial charge in [0, 0.05) is 47.4 Å². The average molecular weight is 658 g/mol. The Kier molecular flexibility index (Phi) is 7.60. The van der Waals surface area contributed by atoms with Gasteiger partial charge in [0.05, 0.1) is 58.2 Å². The molecule has 2 saturated heterocycles. The number of hydrogen-bond acceptors (Lipinski definition) is 11. The fourth-order valence-electron chi connectivity index (χ4n) is 6.19. The van der Waals surface area contributed by atoms with Crippen molar-refractivity contribution in [1.82, 2.24) is 24.4 Å². The van der Waals surface area contributed by atoms with E-state index in [1.54, 1.807) is 49.0 Å². The molecule has 6 heterocycles. The minimum atomic E-state index is -1.05. The number of carbonyl (C=O) groups is 1. The second-order valence-electron chi connectivity index (χ2n) is 11.5. The molecule has 1 aromatic carbocycles. The fraction of sp³-hybridized carbons (Fsp3) is 0.312. The van der Waals surface area contributed by atoms with Gasteiger partial charge in [-0.3, -0.25) is 19.2 Å². The van der Waals surface area contributed by atoms with Crippen molar-refractivity contribution in [3.63, 3.8) is 0 Å². The van der Waals surface area contributed by atoms with Gasteiger partial charge in [0.15, 0.2) is 0 Å². The summed E-state index contributed by atoms with van der Waals surface area (Å²) in [5.74, 6) is 0.409. The van der Waals surface area contributed by atoms with E-state index in [0.717, 1.165) is 12.1 Å². The van der Waals surface area contributed by atoms with Gasteiger partial charge in [-0.05, 0) is 38.2 Å². The van der Waals surface area contributed by atoms with Crippen molar-refractivity contribution in [2.45, 2.75) is 19.0 Å². The number of nitriles is 1. The van der Waals surface area contributed by atoms with Crippen molar-refractivity contribution >= 4 is 55.8 Å². The summed E-state index contributed by atoms with van der Waals surface area (Å²) in [5.41, 5.74) is 2.04. The summed E-state index contributed by atoms with van der Waals surface area (Å²) in [5, 5.41) is 22.1. The topological polar surface area (TPSA) is 147 Å². The van der Waals surface area contributed by atoms with Crippen LogP contribution in [0, 0.1) is 18.3 Å². The lowest BCUT2D eigenvalue weighted by Crippen LogP contribution is -2.70. The average Bonchev–Trinajstić information content (AvgIpc) is 3.47. The van der Waals surface area contributed by atoms with E-state index in [9.17, 15) is 20.0 Å². The molecule has 1 N–H and O–H groups in total. The van der Waals surface area contributed by atoms with Crippen LogP contribution in [0.5, 0.6) is 5.75 Å². The van der Waals surface area contributed by atoms with Crippen LogP contribution < -0.4 is 15.2 Å². The zero-order valence-electron chi connectivity index (χ0n) is 25.0. The molecule has 2 fully saturated rings. The van der Waals surface area contributed by atoms with Crippen LogP contribution >= 0.6 is 22.9 Å². The van der Waals surface area contributed by atoms with Crippen molar-refractivity contribution < 1.29 is 19.4 Å². The number of benzene rings is 1. The first-order valence-corrected chi connectivity index (χ1v) is 15.8. The number of pyridine rings is 2. The summed E-state index contributed by atoms with van der Waals surface area (Å²) in [6.07, 6.45) is 3.13. The zero-order chi connectivity index (χ0) is 32.2. The summed E-state index contributed by atoms with van der Waals surface area (Å²) in [6.45, 7) is 5.34. The van der Waals surface area contributed by atoms with Gasteiger partial charge in [-0.15, -0.1) is 11.3 Å². The van der Waals surface area contributed by atoms with Crippen LogP contribution in [0.1, 0.15) is 21.7 Å². The molecule has 0 bridgehead atoms. The lowest BCUT2D eigenvalue weighted by atomic mass is 9.92. The maximum Gasteiger partial charge on any atom is 0.338 e. The second-order valence-corrected chi connectivity index (χ2v) is 12.8. The maximum absolute atomic E-state index is 14.0. The molecule has 0 saturated carbocycles. The van der Waals surface area contributed by atoms with Gasteiger partial charge in [-0.2, -0.15) is 5.26 Å². The number of aromatic nitrogens is 4. The molecule has 2 aliphatic heterocycles. The van der Waals surface area contributed by atoms with Crippen molar-refractivity contribution in [3.8, 4) is 22.9 Å². The molecule has 14 heteroatoms. The Morgan fingerprint density at radius 2 is 2.07 bits per heavy atom. The number of fused-ring (bicyclic) bond motifs is 2. The van der Waals surface area contributed by atoms with Gasteiger partial charge < -0.3 is 19.5 Å². The third kappa shape index (κ3) is 4.94. The Morgan fingerprint density at radius 3 is 2.80 bits per heavy atom. The van der Waals surface area contributed by atoms with E-state index in [4.69, 9.17) is 21.1 Å². The minimum Gasteiger partial charge on any atom is -0.491 e. The van der Waals surface area contributed by atoms with Crippen LogP contribution in [-0.2, 0) is 11.3 Å². The monoisotopic (exact) mass is 657 g/mol. The number of thiophene rings is 1. The van der Waals surface area contributed by atoms with Crippen LogP contribution in [-0.4, -0.2) is 87.5 Å². The molecule has 4 aromatic heterocycles. The molecule has 12 nitrogen and oxygen atoms in total. The smallest absolute Gasteiger partial charge is 0.338 e. The standard InChI is InChI=1S/C32H28ClN7O5S/c1-18-37-24-13-36-29(39-8-7-38(2)32(15-39)16-44-17-32)22(12-34)26(24)30(41)40(18)9-10-45-25-4-3-19(33)11-21(25)20-5-6-35-27-23(31(42)43)14-46-28(20)27/h3-6,11,13-14H,7-10,15-17H2,1-2H3,(H,42,43). The molecule has 46 heavy (non-hydrogen) atoms. The molecule has 0 atom stereocenters. The highest BCUT2D eigenvalue weighted by Gasteiger charge is 2.46. The lowest BCUT2D eigenvalue weighted by Gasteiger charge is -2.54. The molecular formula is C32H28ClN7O5S. The zero-order valence-corrected chi connectivity index (χ0v) is 26.6. The summed E-state index contributed by atoms with van der Waals surface area (Å²) in [6, 6.07) is 9.24. The normalized spacial score (nSPS) is 16.1. The number of ether oxygens (including phenoxy) is 2. The Hall–Kier alpha value is -4.61. The molecule has 5 aromatic rings. The van der Waals surface area contributed by atoms with E-state index in [2.05, 4.69) is 37.9 Å². The van der Waals surface area contributed by atoms with Crippen LogP contribution in [0.3, 0.4) is 0 Å². The molecule has 0 unspecified atom stereocenters. The third-order valence-electron chi connectivity index (χ3n) is 8.81. The van der Waals surface area contributed by atoms with E-state index in [1.807, 2.05) is 0 Å². The summed E-state index contributed by atoms with van der Waals surface area (Å²) in [4.78, 5) is 43.5. The SMILES string of the molecule is Cc1nc2cnc(N3CCN(C)C4(COC4)C3)c(C#N)c2c(=O)n1CCOc1ccc(Cl)cc1-c1ccnc2c(C(=O)O)csc12. The number of aryl methyl sites for hydroxylation is 1. The molecule has 234 valence electrons. The van der Waals surface area contributed by atoms with Crippen LogP contribution in [0.25, 0.3) is 32.2 Å². The predicted octanol–water partition coefficient (Wildman–Crippen LogP) is 4.20. The third-order valence-corrected chi connectivity index (χ3v) is 10.1. The van der Waals surface area contributed by atoms with Gasteiger partial charge in [-0.25, -0.2) is 14.8 Å².